The average molecular weight is 322 g/mol. The highest BCUT2D eigenvalue weighted by Gasteiger charge is 2.12. The first kappa shape index (κ1) is 16.3. The van der Waals surface area contributed by atoms with Gasteiger partial charge in [-0.25, -0.2) is 4.39 Å². The lowest BCUT2D eigenvalue weighted by Crippen LogP contribution is -2.37. The Balaban J connectivity index is 1.81. The zero-order valence-corrected chi connectivity index (χ0v) is 12.9. The Morgan fingerprint density at radius 3 is 2.68 bits per heavy atom. The van der Waals surface area contributed by atoms with Crippen LogP contribution < -0.4 is 10.1 Å². The van der Waals surface area contributed by atoms with E-state index in [2.05, 4.69) is 5.32 Å². The molecule has 1 atom stereocenters. The summed E-state index contributed by atoms with van der Waals surface area (Å²) in [5.41, 5.74) is 0.318. The van der Waals surface area contributed by atoms with E-state index in [0.717, 1.165) is 5.75 Å². The lowest BCUT2D eigenvalue weighted by molar-refractivity contribution is -0.121. The second-order valence-electron chi connectivity index (χ2n) is 5.01. The van der Waals surface area contributed by atoms with Crippen molar-refractivity contribution >= 4 is 17.5 Å². The zero-order chi connectivity index (χ0) is 15.9. The normalized spacial score (nSPS) is 11.8. The van der Waals surface area contributed by atoms with Crippen LogP contribution in [0.15, 0.2) is 48.5 Å². The molecule has 1 N–H and O–H groups in total. The summed E-state index contributed by atoms with van der Waals surface area (Å²) in [6.45, 7) is 2.18. The van der Waals surface area contributed by atoms with Gasteiger partial charge in [-0.1, -0.05) is 35.9 Å². The number of benzene rings is 2. The molecule has 0 bridgehead atoms. The number of hydrogen-bond donors (Lipinski definition) is 1. The van der Waals surface area contributed by atoms with Gasteiger partial charge in [0.15, 0.2) is 0 Å². The van der Waals surface area contributed by atoms with Gasteiger partial charge in [0.1, 0.15) is 18.2 Å². The number of hydrogen-bond acceptors (Lipinski definition) is 2. The maximum absolute atomic E-state index is 13.6. The summed E-state index contributed by atoms with van der Waals surface area (Å²) >= 11 is 5.68. The zero-order valence-electron chi connectivity index (χ0n) is 12.2. The fraction of sp³-hybridized carbons (Fsp3) is 0.235. The van der Waals surface area contributed by atoms with Gasteiger partial charge in [0.2, 0.25) is 5.91 Å². The van der Waals surface area contributed by atoms with Crippen LogP contribution in [-0.2, 0) is 11.2 Å². The molecule has 22 heavy (non-hydrogen) atoms. The summed E-state index contributed by atoms with van der Waals surface area (Å²) in [5, 5.41) is 3.09. The molecule has 0 spiro atoms. The van der Waals surface area contributed by atoms with Crippen molar-refractivity contribution < 1.29 is 13.9 Å². The highest BCUT2D eigenvalue weighted by molar-refractivity contribution is 6.30. The van der Waals surface area contributed by atoms with Gasteiger partial charge >= 0.3 is 0 Å². The first-order chi connectivity index (χ1) is 10.5. The van der Waals surface area contributed by atoms with Gasteiger partial charge in [0, 0.05) is 5.02 Å². The molecule has 0 aliphatic carbocycles. The number of nitrogens with one attached hydrogen (secondary N) is 1. The van der Waals surface area contributed by atoms with Crippen molar-refractivity contribution in [3.63, 3.8) is 0 Å². The number of para-hydroxylation sites is 1. The predicted octanol–water partition coefficient (Wildman–Crippen LogP) is 3.61. The van der Waals surface area contributed by atoms with E-state index in [0.29, 0.717) is 17.2 Å². The van der Waals surface area contributed by atoms with Crippen molar-refractivity contribution in [2.75, 3.05) is 6.61 Å². The molecule has 2 aromatic carbocycles. The number of amides is 1. The van der Waals surface area contributed by atoms with Gasteiger partial charge in [0.05, 0.1) is 12.5 Å². The van der Waals surface area contributed by atoms with Crippen LogP contribution in [0.25, 0.3) is 0 Å². The molecular weight excluding hydrogens is 305 g/mol. The molecule has 0 aliphatic heterocycles. The summed E-state index contributed by atoms with van der Waals surface area (Å²) < 4.78 is 19.2. The van der Waals surface area contributed by atoms with Crippen LogP contribution in [0, 0.1) is 5.82 Å². The standard InChI is InChI=1S/C17H17ClFNO2/c1-12(11-22-15-5-3-2-4-6-15)20-17(21)9-13-7-8-14(18)10-16(13)19/h2-8,10,12H,9,11H2,1H3,(H,20,21). The first-order valence-electron chi connectivity index (χ1n) is 6.95. The predicted molar refractivity (Wildman–Crippen MR) is 84.7 cm³/mol. The summed E-state index contributed by atoms with van der Waals surface area (Å²) in [7, 11) is 0. The van der Waals surface area contributed by atoms with E-state index in [-0.39, 0.29) is 18.4 Å². The fourth-order valence-corrected chi connectivity index (χ4v) is 2.10. The number of rotatable bonds is 6. The van der Waals surface area contributed by atoms with Crippen LogP contribution in [0.5, 0.6) is 5.75 Å². The Hall–Kier alpha value is -2.07. The summed E-state index contributed by atoms with van der Waals surface area (Å²) in [6.07, 6.45) is -0.0291. The van der Waals surface area contributed by atoms with E-state index < -0.39 is 5.82 Å². The molecule has 0 radical (unpaired) electrons. The third kappa shape index (κ3) is 5.04. The van der Waals surface area contributed by atoms with Gasteiger partial charge in [-0.15, -0.1) is 0 Å². The van der Waals surface area contributed by atoms with Crippen molar-refractivity contribution in [3.05, 3.63) is 64.9 Å². The van der Waals surface area contributed by atoms with E-state index in [9.17, 15) is 9.18 Å². The third-order valence-corrected chi connectivity index (χ3v) is 3.25. The van der Waals surface area contributed by atoms with Crippen molar-refractivity contribution in [1.29, 1.82) is 0 Å². The van der Waals surface area contributed by atoms with Crippen molar-refractivity contribution in [2.45, 2.75) is 19.4 Å². The monoisotopic (exact) mass is 321 g/mol. The van der Waals surface area contributed by atoms with Crippen LogP contribution >= 0.6 is 11.6 Å². The van der Waals surface area contributed by atoms with Crippen molar-refractivity contribution in [2.24, 2.45) is 0 Å². The molecule has 2 aromatic rings. The Morgan fingerprint density at radius 2 is 2.00 bits per heavy atom. The second-order valence-corrected chi connectivity index (χ2v) is 5.44. The molecule has 0 saturated carbocycles. The number of ether oxygens (including phenoxy) is 1. The largest absolute Gasteiger partial charge is 0.491 e. The Morgan fingerprint density at radius 1 is 1.27 bits per heavy atom. The van der Waals surface area contributed by atoms with E-state index in [1.54, 1.807) is 6.07 Å². The van der Waals surface area contributed by atoms with Crippen LogP contribution in [0.3, 0.4) is 0 Å². The van der Waals surface area contributed by atoms with Crippen LogP contribution in [0.1, 0.15) is 12.5 Å². The molecule has 1 unspecified atom stereocenters. The Bertz CT molecular complexity index is 634. The van der Waals surface area contributed by atoms with Crippen LogP contribution in [0.2, 0.25) is 5.02 Å². The summed E-state index contributed by atoms with van der Waals surface area (Å²) in [6, 6.07) is 13.4. The van der Waals surface area contributed by atoms with Gasteiger partial charge < -0.3 is 10.1 Å². The molecule has 0 saturated heterocycles. The van der Waals surface area contributed by atoms with Crippen molar-refractivity contribution in [3.8, 4) is 5.75 Å². The second kappa shape index (κ2) is 7.80. The van der Waals surface area contributed by atoms with Crippen LogP contribution in [-0.4, -0.2) is 18.6 Å². The van der Waals surface area contributed by atoms with Gasteiger partial charge in [-0.2, -0.15) is 0 Å². The van der Waals surface area contributed by atoms with Crippen molar-refractivity contribution in [1.82, 2.24) is 5.32 Å². The molecular formula is C17H17ClFNO2. The lowest BCUT2D eigenvalue weighted by Gasteiger charge is -2.15. The molecule has 0 aliphatic rings. The highest BCUT2D eigenvalue weighted by Crippen LogP contribution is 2.15. The number of carbonyl (C=O) groups excluding carboxylic acids is 1. The molecule has 0 heterocycles. The molecule has 2 rings (SSSR count). The third-order valence-electron chi connectivity index (χ3n) is 3.02. The minimum Gasteiger partial charge on any atom is -0.491 e. The average Bonchev–Trinajstić information content (AvgIpc) is 2.49. The minimum atomic E-state index is -0.476. The summed E-state index contributed by atoms with van der Waals surface area (Å²) in [4.78, 5) is 11.9. The number of halogens is 2. The molecule has 5 heteroatoms. The lowest BCUT2D eigenvalue weighted by atomic mass is 10.1. The maximum Gasteiger partial charge on any atom is 0.224 e. The number of carbonyl (C=O) groups is 1. The van der Waals surface area contributed by atoms with E-state index in [1.165, 1.54) is 12.1 Å². The van der Waals surface area contributed by atoms with E-state index in [1.807, 2.05) is 37.3 Å². The fourth-order valence-electron chi connectivity index (χ4n) is 1.94. The smallest absolute Gasteiger partial charge is 0.224 e. The van der Waals surface area contributed by atoms with E-state index in [4.69, 9.17) is 16.3 Å². The van der Waals surface area contributed by atoms with E-state index >= 15 is 0 Å². The molecule has 0 fully saturated rings. The van der Waals surface area contributed by atoms with Gasteiger partial charge in [-0.3, -0.25) is 4.79 Å². The first-order valence-corrected chi connectivity index (χ1v) is 7.33. The molecule has 3 nitrogen and oxygen atoms in total. The maximum atomic E-state index is 13.6. The topological polar surface area (TPSA) is 38.3 Å². The molecule has 0 aromatic heterocycles. The molecule has 1 amide bonds. The minimum absolute atomic E-state index is 0.0291. The SMILES string of the molecule is CC(COc1ccccc1)NC(=O)Cc1ccc(Cl)cc1F. The highest BCUT2D eigenvalue weighted by atomic mass is 35.5. The summed E-state index contributed by atoms with van der Waals surface area (Å²) in [5.74, 6) is 0.00793. The Kier molecular flexibility index (Phi) is 5.78. The Labute approximate surface area is 134 Å². The van der Waals surface area contributed by atoms with Gasteiger partial charge in [-0.05, 0) is 36.8 Å². The quantitative estimate of drug-likeness (QED) is 0.882. The van der Waals surface area contributed by atoms with Gasteiger partial charge in [0.25, 0.3) is 0 Å². The molecule has 116 valence electrons. The van der Waals surface area contributed by atoms with Crippen LogP contribution in [0.4, 0.5) is 4.39 Å².